The van der Waals surface area contributed by atoms with Crippen molar-refractivity contribution in [1.29, 1.82) is 0 Å². The van der Waals surface area contributed by atoms with Crippen molar-refractivity contribution in [3.8, 4) is 0 Å². The molecular weight excluding hydrogens is 498 g/mol. The van der Waals surface area contributed by atoms with Crippen molar-refractivity contribution in [2.24, 2.45) is 4.99 Å². The number of hydrogen-bond acceptors (Lipinski definition) is 5. The first-order valence-electron chi connectivity index (χ1n) is 10.7. The van der Waals surface area contributed by atoms with E-state index in [0.29, 0.717) is 12.2 Å². The first-order valence-corrected chi connectivity index (χ1v) is 10.7. The summed E-state index contributed by atoms with van der Waals surface area (Å²) in [6.07, 6.45) is 0. The van der Waals surface area contributed by atoms with Crippen LogP contribution in [0.25, 0.3) is 0 Å². The molecule has 1 aromatic carbocycles. The van der Waals surface area contributed by atoms with Gasteiger partial charge in [-0.25, -0.2) is 4.39 Å². The van der Waals surface area contributed by atoms with E-state index >= 15 is 0 Å². The van der Waals surface area contributed by atoms with E-state index in [-0.39, 0.29) is 29.8 Å². The molecule has 0 aromatic heterocycles. The second kappa shape index (κ2) is 13.3. The van der Waals surface area contributed by atoms with Gasteiger partial charge >= 0.3 is 0 Å². The second-order valence-corrected chi connectivity index (χ2v) is 7.51. The molecule has 2 aliphatic rings. The molecule has 0 bridgehead atoms. The maximum absolute atomic E-state index is 14.7. The van der Waals surface area contributed by atoms with Gasteiger partial charge in [-0.2, -0.15) is 0 Å². The Hall–Kier alpha value is -1.17. The Kier molecular flexibility index (Phi) is 11.1. The molecule has 7 nitrogen and oxygen atoms in total. The van der Waals surface area contributed by atoms with E-state index in [1.165, 1.54) is 0 Å². The molecule has 170 valence electrons. The van der Waals surface area contributed by atoms with Crippen LogP contribution in [0.2, 0.25) is 0 Å². The van der Waals surface area contributed by atoms with E-state index in [2.05, 4.69) is 37.2 Å². The number of rotatable bonds is 7. The molecule has 9 heteroatoms. The summed E-state index contributed by atoms with van der Waals surface area (Å²) < 4.78 is 20.1. The Bertz CT molecular complexity index is 663. The summed E-state index contributed by atoms with van der Waals surface area (Å²) in [6, 6.07) is 5.54. The van der Waals surface area contributed by atoms with Gasteiger partial charge in [0.2, 0.25) is 0 Å². The van der Waals surface area contributed by atoms with E-state index in [0.717, 1.165) is 83.6 Å². The number of aliphatic imine (C=N–C) groups is 1. The first-order chi connectivity index (χ1) is 14.2. The number of halogens is 2. The Labute approximate surface area is 197 Å². The molecule has 0 saturated carbocycles. The molecule has 2 aliphatic heterocycles. The highest BCUT2D eigenvalue weighted by Gasteiger charge is 2.18. The number of morpholine rings is 1. The van der Waals surface area contributed by atoms with Crippen LogP contribution >= 0.6 is 24.0 Å². The molecule has 0 amide bonds. The number of piperazine rings is 1. The van der Waals surface area contributed by atoms with Crippen LogP contribution in [0.1, 0.15) is 12.5 Å². The van der Waals surface area contributed by atoms with Gasteiger partial charge < -0.3 is 25.2 Å². The highest BCUT2D eigenvalue weighted by Crippen LogP contribution is 2.22. The smallest absolute Gasteiger partial charge is 0.191 e. The van der Waals surface area contributed by atoms with Crippen molar-refractivity contribution in [3.63, 3.8) is 0 Å². The molecular formula is C21H36FIN6O. The Morgan fingerprint density at radius 3 is 2.43 bits per heavy atom. The van der Waals surface area contributed by atoms with E-state index < -0.39 is 0 Å². The fourth-order valence-electron chi connectivity index (χ4n) is 3.79. The first kappa shape index (κ1) is 25.1. The number of likely N-dealkylation sites (N-methyl/N-ethyl adjacent to an activating group) is 1. The van der Waals surface area contributed by atoms with Gasteiger partial charge in [0, 0.05) is 66.0 Å². The molecule has 1 aromatic rings. The number of nitrogens with one attached hydrogen (secondary N) is 2. The lowest BCUT2D eigenvalue weighted by Gasteiger charge is -2.35. The van der Waals surface area contributed by atoms with Crippen molar-refractivity contribution < 1.29 is 9.13 Å². The fourth-order valence-corrected chi connectivity index (χ4v) is 3.79. The van der Waals surface area contributed by atoms with E-state index in [1.54, 1.807) is 13.1 Å². The molecule has 2 heterocycles. The van der Waals surface area contributed by atoms with Gasteiger partial charge in [-0.3, -0.25) is 9.89 Å². The summed E-state index contributed by atoms with van der Waals surface area (Å²) in [5.41, 5.74) is 1.62. The summed E-state index contributed by atoms with van der Waals surface area (Å²) in [4.78, 5) is 11.2. The van der Waals surface area contributed by atoms with Crippen LogP contribution in [0.5, 0.6) is 0 Å². The van der Waals surface area contributed by atoms with Crippen molar-refractivity contribution in [2.75, 3.05) is 84.1 Å². The number of guanidine groups is 1. The van der Waals surface area contributed by atoms with Crippen LogP contribution in [0.4, 0.5) is 10.1 Å². The predicted molar refractivity (Wildman–Crippen MR) is 132 cm³/mol. The topological polar surface area (TPSA) is 55.4 Å². The highest BCUT2D eigenvalue weighted by molar-refractivity contribution is 14.0. The molecule has 3 rings (SSSR count). The number of hydrogen-bond donors (Lipinski definition) is 2. The standard InChI is InChI=1S/C21H35FN6O.HI/c1-3-26-8-10-28(11-9-26)20-5-4-18(16-19(20)22)17-25-21(23-2)24-6-7-27-12-14-29-15-13-27;/h4-5,16H,3,6-15,17H2,1-2H3,(H2,23,24,25);1H. The zero-order valence-corrected chi connectivity index (χ0v) is 20.5. The van der Waals surface area contributed by atoms with Crippen LogP contribution in [-0.2, 0) is 11.3 Å². The van der Waals surface area contributed by atoms with Crippen LogP contribution in [-0.4, -0.2) is 94.9 Å². The Morgan fingerprint density at radius 2 is 1.80 bits per heavy atom. The van der Waals surface area contributed by atoms with E-state index in [9.17, 15) is 4.39 Å². The number of nitrogens with zero attached hydrogens (tertiary/aromatic N) is 4. The summed E-state index contributed by atoms with van der Waals surface area (Å²) in [5, 5.41) is 6.60. The average molecular weight is 534 g/mol. The third kappa shape index (κ3) is 7.51. The summed E-state index contributed by atoms with van der Waals surface area (Å²) in [6.45, 7) is 12.9. The second-order valence-electron chi connectivity index (χ2n) is 7.51. The quantitative estimate of drug-likeness (QED) is 0.315. The molecule has 2 fully saturated rings. The van der Waals surface area contributed by atoms with Gasteiger partial charge in [0.25, 0.3) is 0 Å². The fraction of sp³-hybridized carbons (Fsp3) is 0.667. The lowest BCUT2D eigenvalue weighted by molar-refractivity contribution is 0.0389. The minimum Gasteiger partial charge on any atom is -0.379 e. The van der Waals surface area contributed by atoms with Crippen LogP contribution < -0.4 is 15.5 Å². The SMILES string of the molecule is CCN1CCN(c2ccc(CNC(=NC)NCCN3CCOCC3)cc2F)CC1.I. The molecule has 0 unspecified atom stereocenters. The third-order valence-electron chi connectivity index (χ3n) is 5.68. The minimum absolute atomic E-state index is 0. The van der Waals surface area contributed by atoms with Crippen LogP contribution in [0, 0.1) is 5.82 Å². The highest BCUT2D eigenvalue weighted by atomic mass is 127. The van der Waals surface area contributed by atoms with Gasteiger partial charge in [0.15, 0.2) is 5.96 Å². The Morgan fingerprint density at radius 1 is 1.07 bits per heavy atom. The van der Waals surface area contributed by atoms with Crippen LogP contribution in [0.15, 0.2) is 23.2 Å². The predicted octanol–water partition coefficient (Wildman–Crippen LogP) is 1.58. The Balaban J connectivity index is 0.00000320. The molecule has 2 N–H and O–H groups in total. The maximum Gasteiger partial charge on any atom is 0.191 e. The number of anilines is 1. The third-order valence-corrected chi connectivity index (χ3v) is 5.68. The molecule has 30 heavy (non-hydrogen) atoms. The normalized spacial score (nSPS) is 18.8. The monoisotopic (exact) mass is 534 g/mol. The summed E-state index contributed by atoms with van der Waals surface area (Å²) in [5.74, 6) is 0.586. The van der Waals surface area contributed by atoms with Gasteiger partial charge in [-0.1, -0.05) is 13.0 Å². The molecule has 0 atom stereocenters. The van der Waals surface area contributed by atoms with E-state index in [1.807, 2.05) is 12.1 Å². The lowest BCUT2D eigenvalue weighted by atomic mass is 10.1. The lowest BCUT2D eigenvalue weighted by Crippen LogP contribution is -2.46. The molecule has 0 spiro atoms. The maximum atomic E-state index is 14.7. The summed E-state index contributed by atoms with van der Waals surface area (Å²) in [7, 11) is 1.75. The van der Waals surface area contributed by atoms with Gasteiger partial charge in [-0.05, 0) is 24.2 Å². The number of ether oxygens (including phenoxy) is 1. The average Bonchev–Trinajstić information content (AvgIpc) is 2.77. The van der Waals surface area contributed by atoms with Crippen molar-refractivity contribution in [1.82, 2.24) is 20.4 Å². The summed E-state index contributed by atoms with van der Waals surface area (Å²) >= 11 is 0. The van der Waals surface area contributed by atoms with Gasteiger partial charge in [-0.15, -0.1) is 24.0 Å². The molecule has 0 radical (unpaired) electrons. The van der Waals surface area contributed by atoms with E-state index in [4.69, 9.17) is 4.74 Å². The van der Waals surface area contributed by atoms with Crippen molar-refractivity contribution >= 4 is 35.6 Å². The zero-order valence-electron chi connectivity index (χ0n) is 18.2. The largest absolute Gasteiger partial charge is 0.379 e. The number of benzene rings is 1. The van der Waals surface area contributed by atoms with Crippen LogP contribution in [0.3, 0.4) is 0 Å². The zero-order chi connectivity index (χ0) is 20.5. The molecule has 2 saturated heterocycles. The van der Waals surface area contributed by atoms with Crippen molar-refractivity contribution in [2.45, 2.75) is 13.5 Å². The van der Waals surface area contributed by atoms with Gasteiger partial charge in [0.05, 0.1) is 18.9 Å². The van der Waals surface area contributed by atoms with Gasteiger partial charge in [0.1, 0.15) is 5.82 Å². The molecule has 0 aliphatic carbocycles. The van der Waals surface area contributed by atoms with Crippen molar-refractivity contribution in [3.05, 3.63) is 29.6 Å². The minimum atomic E-state index is -0.149.